The van der Waals surface area contributed by atoms with E-state index in [4.69, 9.17) is 4.74 Å². The summed E-state index contributed by atoms with van der Waals surface area (Å²) in [7, 11) is 1.66. The van der Waals surface area contributed by atoms with Crippen molar-refractivity contribution in [3.05, 3.63) is 20.8 Å². The lowest BCUT2D eigenvalue weighted by Crippen LogP contribution is -2.24. The fraction of sp³-hybridized carbons (Fsp3) is 0.556. The molecule has 1 aromatic heterocycles. The third-order valence-corrected chi connectivity index (χ3v) is 3.53. The highest BCUT2D eigenvalue weighted by Crippen LogP contribution is 2.24. The van der Waals surface area contributed by atoms with E-state index in [2.05, 4.69) is 21.2 Å². The molecule has 80 valence electrons. The van der Waals surface area contributed by atoms with Gasteiger partial charge in [0, 0.05) is 34.9 Å². The summed E-state index contributed by atoms with van der Waals surface area (Å²) in [6, 6.07) is 1.94. The molecular formula is C9H14BrNO2S. The minimum absolute atomic E-state index is 0.428. The lowest BCUT2D eigenvalue weighted by atomic mass is 10.3. The van der Waals surface area contributed by atoms with Gasteiger partial charge in [0.1, 0.15) is 6.10 Å². The summed E-state index contributed by atoms with van der Waals surface area (Å²) in [4.78, 5) is 0.974. The maximum absolute atomic E-state index is 9.72. The number of rotatable bonds is 6. The summed E-state index contributed by atoms with van der Waals surface area (Å²) < 4.78 is 5.91. The van der Waals surface area contributed by atoms with E-state index in [1.807, 2.05) is 11.4 Å². The number of hydrogen-bond donors (Lipinski definition) is 2. The number of nitrogens with one attached hydrogen (secondary N) is 1. The highest BCUT2D eigenvalue weighted by atomic mass is 79.9. The third kappa shape index (κ3) is 4.06. The zero-order chi connectivity index (χ0) is 10.4. The molecule has 5 heteroatoms. The summed E-state index contributed by atoms with van der Waals surface area (Å²) in [6.07, 6.45) is -0.428. The number of hydrogen-bond acceptors (Lipinski definition) is 4. The van der Waals surface area contributed by atoms with Gasteiger partial charge in [0.05, 0.1) is 6.61 Å². The minimum Gasteiger partial charge on any atom is -0.386 e. The molecule has 1 atom stereocenters. The second-order valence-electron chi connectivity index (χ2n) is 2.88. The van der Waals surface area contributed by atoms with E-state index in [-0.39, 0.29) is 0 Å². The van der Waals surface area contributed by atoms with Crippen LogP contribution in [-0.2, 0) is 4.74 Å². The number of halogens is 1. The van der Waals surface area contributed by atoms with Crippen LogP contribution in [0.2, 0.25) is 0 Å². The summed E-state index contributed by atoms with van der Waals surface area (Å²) in [5.74, 6) is 0. The van der Waals surface area contributed by atoms with Gasteiger partial charge >= 0.3 is 0 Å². The van der Waals surface area contributed by atoms with Crippen molar-refractivity contribution in [2.75, 3.05) is 26.8 Å². The lowest BCUT2D eigenvalue weighted by molar-refractivity contribution is 0.164. The minimum atomic E-state index is -0.428. The molecule has 1 rings (SSSR count). The molecule has 14 heavy (non-hydrogen) atoms. The Morgan fingerprint density at radius 1 is 1.71 bits per heavy atom. The maximum atomic E-state index is 9.72. The number of ether oxygens (including phenoxy) is 1. The monoisotopic (exact) mass is 279 g/mol. The molecule has 3 nitrogen and oxygen atoms in total. The summed E-state index contributed by atoms with van der Waals surface area (Å²) in [5, 5.41) is 14.8. The van der Waals surface area contributed by atoms with Crippen LogP contribution in [0.1, 0.15) is 11.0 Å². The van der Waals surface area contributed by atoms with Crippen LogP contribution >= 0.6 is 27.3 Å². The number of methoxy groups -OCH3 is 1. The van der Waals surface area contributed by atoms with Crippen molar-refractivity contribution in [1.82, 2.24) is 5.32 Å². The Morgan fingerprint density at radius 2 is 2.50 bits per heavy atom. The summed E-state index contributed by atoms with van der Waals surface area (Å²) in [5.41, 5.74) is 0. The first kappa shape index (κ1) is 12.1. The molecule has 0 amide bonds. The van der Waals surface area contributed by atoms with Gasteiger partial charge in [-0.25, -0.2) is 0 Å². The molecule has 0 bridgehead atoms. The smallest absolute Gasteiger partial charge is 0.101 e. The van der Waals surface area contributed by atoms with E-state index < -0.39 is 6.10 Å². The highest BCUT2D eigenvalue weighted by molar-refractivity contribution is 9.10. The zero-order valence-corrected chi connectivity index (χ0v) is 10.4. The first-order valence-corrected chi connectivity index (χ1v) is 6.03. The van der Waals surface area contributed by atoms with Crippen molar-refractivity contribution in [3.63, 3.8) is 0 Å². The fourth-order valence-corrected chi connectivity index (χ4v) is 2.45. The Bertz CT molecular complexity index is 267. The molecule has 1 aromatic rings. The van der Waals surface area contributed by atoms with Crippen LogP contribution in [-0.4, -0.2) is 31.9 Å². The predicted octanol–water partition coefficient (Wildman–Crippen LogP) is 1.78. The molecule has 0 aliphatic heterocycles. The Labute approximate surface area is 96.2 Å². The number of thiophene rings is 1. The predicted molar refractivity (Wildman–Crippen MR) is 61.7 cm³/mol. The molecule has 2 N–H and O–H groups in total. The Morgan fingerprint density at radius 3 is 3.07 bits per heavy atom. The first-order chi connectivity index (χ1) is 6.74. The molecule has 0 spiro atoms. The van der Waals surface area contributed by atoms with E-state index in [9.17, 15) is 5.11 Å². The van der Waals surface area contributed by atoms with E-state index in [1.54, 1.807) is 18.4 Å². The maximum Gasteiger partial charge on any atom is 0.101 e. The molecule has 0 saturated heterocycles. The van der Waals surface area contributed by atoms with Crippen molar-refractivity contribution in [2.45, 2.75) is 6.10 Å². The highest BCUT2D eigenvalue weighted by Gasteiger charge is 2.08. The van der Waals surface area contributed by atoms with Crippen LogP contribution in [0.4, 0.5) is 0 Å². The quantitative estimate of drug-likeness (QED) is 0.780. The van der Waals surface area contributed by atoms with Crippen molar-refractivity contribution in [3.8, 4) is 0 Å². The van der Waals surface area contributed by atoms with E-state index in [0.29, 0.717) is 13.2 Å². The molecule has 0 radical (unpaired) electrons. The molecule has 0 aliphatic rings. The van der Waals surface area contributed by atoms with E-state index in [1.165, 1.54) is 0 Å². The van der Waals surface area contributed by atoms with Gasteiger partial charge in [0.25, 0.3) is 0 Å². The van der Waals surface area contributed by atoms with Gasteiger partial charge in [-0.15, -0.1) is 11.3 Å². The van der Waals surface area contributed by atoms with Gasteiger partial charge in [-0.1, -0.05) is 0 Å². The third-order valence-electron chi connectivity index (χ3n) is 1.74. The fourth-order valence-electron chi connectivity index (χ4n) is 1.02. The second kappa shape index (κ2) is 6.53. The summed E-state index contributed by atoms with van der Waals surface area (Å²) in [6.45, 7) is 2.00. The van der Waals surface area contributed by atoms with Crippen LogP contribution in [0, 0.1) is 0 Å². The lowest BCUT2D eigenvalue weighted by Gasteiger charge is -2.09. The molecule has 1 unspecified atom stereocenters. The van der Waals surface area contributed by atoms with Crippen LogP contribution < -0.4 is 5.32 Å². The average Bonchev–Trinajstić information content (AvgIpc) is 2.59. The topological polar surface area (TPSA) is 41.5 Å². The van der Waals surface area contributed by atoms with Gasteiger partial charge in [-0.2, -0.15) is 0 Å². The molecular weight excluding hydrogens is 266 g/mol. The average molecular weight is 280 g/mol. The van der Waals surface area contributed by atoms with Gasteiger partial charge in [0.15, 0.2) is 0 Å². The van der Waals surface area contributed by atoms with Crippen LogP contribution in [0.15, 0.2) is 15.9 Å². The Balaban J connectivity index is 2.25. The van der Waals surface area contributed by atoms with Gasteiger partial charge in [-0.3, -0.25) is 0 Å². The Kier molecular flexibility index (Phi) is 5.66. The number of aliphatic hydroxyl groups excluding tert-OH is 1. The van der Waals surface area contributed by atoms with E-state index >= 15 is 0 Å². The second-order valence-corrected chi connectivity index (χ2v) is 4.74. The van der Waals surface area contributed by atoms with E-state index in [0.717, 1.165) is 15.9 Å². The molecule has 0 fully saturated rings. The first-order valence-electron chi connectivity index (χ1n) is 4.35. The van der Waals surface area contributed by atoms with Crippen molar-refractivity contribution in [2.24, 2.45) is 0 Å². The van der Waals surface area contributed by atoms with Gasteiger partial charge < -0.3 is 15.2 Å². The molecule has 0 aromatic carbocycles. The molecule has 0 aliphatic carbocycles. The van der Waals surface area contributed by atoms with Crippen molar-refractivity contribution in [1.29, 1.82) is 0 Å². The Hall–Kier alpha value is 0.0600. The normalized spacial score (nSPS) is 13.1. The van der Waals surface area contributed by atoms with Gasteiger partial charge in [-0.05, 0) is 22.0 Å². The summed E-state index contributed by atoms with van der Waals surface area (Å²) >= 11 is 4.91. The van der Waals surface area contributed by atoms with Crippen molar-refractivity contribution < 1.29 is 9.84 Å². The largest absolute Gasteiger partial charge is 0.386 e. The van der Waals surface area contributed by atoms with Crippen LogP contribution in [0.5, 0.6) is 0 Å². The standard InChI is InChI=1S/C9H14BrNO2S/c1-13-3-2-11-5-8(12)9-4-7(10)6-14-9/h4,6,8,11-12H,2-3,5H2,1H3. The van der Waals surface area contributed by atoms with Crippen LogP contribution in [0.3, 0.4) is 0 Å². The van der Waals surface area contributed by atoms with Crippen molar-refractivity contribution >= 4 is 27.3 Å². The number of aliphatic hydroxyl groups is 1. The molecule has 0 saturated carbocycles. The zero-order valence-electron chi connectivity index (χ0n) is 8.00. The molecule has 1 heterocycles. The van der Waals surface area contributed by atoms with Crippen LogP contribution in [0.25, 0.3) is 0 Å². The SMILES string of the molecule is COCCNCC(O)c1cc(Br)cs1. The van der Waals surface area contributed by atoms with Gasteiger partial charge in [0.2, 0.25) is 0 Å².